The molecule has 0 bridgehead atoms. The number of carbonyl (C=O) groups is 1. The predicted octanol–water partition coefficient (Wildman–Crippen LogP) is 1.06. The number of alkyl halides is 1. The fourth-order valence-corrected chi connectivity index (χ4v) is 1.19. The van der Waals surface area contributed by atoms with Gasteiger partial charge in [-0.1, -0.05) is 15.9 Å². The van der Waals surface area contributed by atoms with Crippen LogP contribution < -0.4 is 5.56 Å². The van der Waals surface area contributed by atoms with Gasteiger partial charge in [0.25, 0.3) is 5.56 Å². The second-order valence-electron chi connectivity index (χ2n) is 2.38. The highest BCUT2D eigenvalue weighted by Crippen LogP contribution is 2.04. The van der Waals surface area contributed by atoms with Gasteiger partial charge >= 0.3 is 5.97 Å². The Balaban J connectivity index is 3.19. The van der Waals surface area contributed by atoms with Crippen molar-refractivity contribution in [2.24, 2.45) is 0 Å². The summed E-state index contributed by atoms with van der Waals surface area (Å²) in [5.41, 5.74) is 0.413. The molecule has 0 atom stereocenters. The zero-order valence-corrected chi connectivity index (χ0v) is 8.55. The summed E-state index contributed by atoms with van der Waals surface area (Å²) in [6.07, 6.45) is 1.55. The second-order valence-corrected chi connectivity index (χ2v) is 2.94. The van der Waals surface area contributed by atoms with E-state index in [4.69, 9.17) is 0 Å². The van der Waals surface area contributed by atoms with Gasteiger partial charge in [0, 0.05) is 11.5 Å². The molecule has 70 valence electrons. The number of carbonyl (C=O) groups excluding carboxylic acids is 1. The fourth-order valence-electron chi connectivity index (χ4n) is 0.867. The number of H-pyrrole nitrogens is 1. The molecule has 1 heterocycles. The van der Waals surface area contributed by atoms with Crippen molar-refractivity contribution in [3.8, 4) is 0 Å². The van der Waals surface area contributed by atoms with Crippen LogP contribution in [0.15, 0.2) is 17.1 Å². The smallest absolute Gasteiger partial charge is 0.343 e. The number of aromatic amines is 1. The van der Waals surface area contributed by atoms with Crippen LogP contribution in [0.1, 0.15) is 15.9 Å². The molecule has 0 aliphatic rings. The fraction of sp³-hybridized carbons (Fsp3) is 0.250. The maximum Gasteiger partial charge on any atom is 0.343 e. The lowest BCUT2D eigenvalue weighted by atomic mass is 10.2. The van der Waals surface area contributed by atoms with Crippen LogP contribution in [0, 0.1) is 0 Å². The minimum atomic E-state index is -0.621. The van der Waals surface area contributed by atoms with Crippen LogP contribution in [0.25, 0.3) is 0 Å². The van der Waals surface area contributed by atoms with Gasteiger partial charge < -0.3 is 9.72 Å². The summed E-state index contributed by atoms with van der Waals surface area (Å²) in [4.78, 5) is 24.6. The van der Waals surface area contributed by atoms with Crippen LogP contribution >= 0.6 is 15.9 Å². The second kappa shape index (κ2) is 4.23. The minimum Gasteiger partial charge on any atom is -0.465 e. The topological polar surface area (TPSA) is 59.2 Å². The zero-order valence-electron chi connectivity index (χ0n) is 6.96. The van der Waals surface area contributed by atoms with Crippen LogP contribution in [0.4, 0.5) is 0 Å². The lowest BCUT2D eigenvalue weighted by Crippen LogP contribution is -2.18. The number of pyridine rings is 1. The van der Waals surface area contributed by atoms with Gasteiger partial charge in [0.05, 0.1) is 7.11 Å². The highest BCUT2D eigenvalue weighted by atomic mass is 79.9. The Kier molecular flexibility index (Phi) is 3.25. The first kappa shape index (κ1) is 9.98. The molecule has 0 unspecified atom stereocenters. The number of aromatic nitrogens is 1. The molecule has 0 aromatic carbocycles. The van der Waals surface area contributed by atoms with E-state index < -0.39 is 11.5 Å². The number of nitrogens with one attached hydrogen (secondary N) is 1. The molecule has 1 aromatic rings. The Bertz CT molecular complexity index is 372. The summed E-state index contributed by atoms with van der Waals surface area (Å²) in [6.45, 7) is 0. The quantitative estimate of drug-likeness (QED) is 0.626. The third kappa shape index (κ3) is 2.18. The molecule has 13 heavy (non-hydrogen) atoms. The third-order valence-corrected chi connectivity index (χ3v) is 2.17. The Hall–Kier alpha value is -1.10. The predicted molar refractivity (Wildman–Crippen MR) is 51.0 cm³/mol. The average Bonchev–Trinajstić information content (AvgIpc) is 2.17. The molecule has 0 aliphatic heterocycles. The van der Waals surface area contributed by atoms with Crippen LogP contribution in [-0.4, -0.2) is 18.1 Å². The molecule has 0 amide bonds. The first-order valence-electron chi connectivity index (χ1n) is 3.55. The van der Waals surface area contributed by atoms with Crippen molar-refractivity contribution in [2.75, 3.05) is 7.11 Å². The normalized spacial score (nSPS) is 9.69. The van der Waals surface area contributed by atoms with Gasteiger partial charge in [-0.15, -0.1) is 0 Å². The van der Waals surface area contributed by atoms with Crippen molar-refractivity contribution < 1.29 is 9.53 Å². The number of hydrogen-bond acceptors (Lipinski definition) is 3. The molecule has 0 fully saturated rings. The molecule has 1 rings (SSSR count). The molecular formula is C8H8BrNO3. The van der Waals surface area contributed by atoms with Crippen LogP contribution in [0.3, 0.4) is 0 Å². The molecule has 0 saturated heterocycles. The van der Waals surface area contributed by atoms with Crippen molar-refractivity contribution in [1.29, 1.82) is 0 Å². The lowest BCUT2D eigenvalue weighted by molar-refractivity contribution is 0.0598. The highest BCUT2D eigenvalue weighted by molar-refractivity contribution is 9.08. The molecule has 0 saturated carbocycles. The van der Waals surface area contributed by atoms with E-state index in [1.165, 1.54) is 13.2 Å². The highest BCUT2D eigenvalue weighted by Gasteiger charge is 2.10. The first-order chi connectivity index (χ1) is 6.19. The van der Waals surface area contributed by atoms with E-state index in [0.717, 1.165) is 5.56 Å². The van der Waals surface area contributed by atoms with Gasteiger partial charge in [-0.3, -0.25) is 4.79 Å². The monoisotopic (exact) mass is 245 g/mol. The lowest BCUT2D eigenvalue weighted by Gasteiger charge is -1.99. The van der Waals surface area contributed by atoms with Crippen molar-refractivity contribution in [2.45, 2.75) is 5.33 Å². The van der Waals surface area contributed by atoms with Gasteiger partial charge in [0.2, 0.25) is 0 Å². The Morgan fingerprint density at radius 3 is 2.92 bits per heavy atom. The van der Waals surface area contributed by atoms with Crippen molar-refractivity contribution >= 4 is 21.9 Å². The van der Waals surface area contributed by atoms with E-state index in [2.05, 4.69) is 25.7 Å². The summed E-state index contributed by atoms with van der Waals surface area (Å²) in [5.74, 6) is -0.621. The van der Waals surface area contributed by atoms with Gasteiger partial charge in [0.1, 0.15) is 5.56 Å². The van der Waals surface area contributed by atoms with E-state index in [0.29, 0.717) is 5.33 Å². The van der Waals surface area contributed by atoms with Gasteiger partial charge in [-0.25, -0.2) is 4.79 Å². The SMILES string of the molecule is COC(=O)c1cc(CBr)c[nH]c1=O. The van der Waals surface area contributed by atoms with Gasteiger partial charge in [-0.05, 0) is 11.6 Å². The van der Waals surface area contributed by atoms with Crippen LogP contribution in [0.5, 0.6) is 0 Å². The van der Waals surface area contributed by atoms with Gasteiger partial charge in [0.15, 0.2) is 0 Å². The van der Waals surface area contributed by atoms with Crippen molar-refractivity contribution in [3.63, 3.8) is 0 Å². The van der Waals surface area contributed by atoms with Crippen molar-refractivity contribution in [1.82, 2.24) is 4.98 Å². The maximum absolute atomic E-state index is 11.1. The largest absolute Gasteiger partial charge is 0.465 e. The molecule has 0 spiro atoms. The van der Waals surface area contributed by atoms with Crippen LogP contribution in [0.2, 0.25) is 0 Å². The molecular weight excluding hydrogens is 238 g/mol. The summed E-state index contributed by atoms with van der Waals surface area (Å²) in [7, 11) is 1.24. The van der Waals surface area contributed by atoms with E-state index >= 15 is 0 Å². The Morgan fingerprint density at radius 2 is 2.38 bits per heavy atom. The molecule has 0 radical (unpaired) electrons. The van der Waals surface area contributed by atoms with E-state index in [9.17, 15) is 9.59 Å². The Morgan fingerprint density at radius 1 is 1.69 bits per heavy atom. The first-order valence-corrected chi connectivity index (χ1v) is 4.67. The third-order valence-electron chi connectivity index (χ3n) is 1.52. The molecule has 1 N–H and O–H groups in total. The summed E-state index contributed by atoms with van der Waals surface area (Å²) < 4.78 is 4.44. The summed E-state index contributed by atoms with van der Waals surface area (Å²) in [5, 5.41) is 0.577. The number of ether oxygens (including phenoxy) is 1. The number of hydrogen-bond donors (Lipinski definition) is 1. The number of halogens is 1. The van der Waals surface area contributed by atoms with Gasteiger partial charge in [-0.2, -0.15) is 0 Å². The van der Waals surface area contributed by atoms with Crippen LogP contribution in [-0.2, 0) is 10.1 Å². The molecule has 5 heteroatoms. The molecule has 1 aromatic heterocycles. The van der Waals surface area contributed by atoms with E-state index in [-0.39, 0.29) is 5.56 Å². The standard InChI is InChI=1S/C8H8BrNO3/c1-13-8(12)6-2-5(3-9)4-10-7(6)11/h2,4H,3H2,1H3,(H,10,11). The minimum absolute atomic E-state index is 0.0273. The summed E-state index contributed by atoms with van der Waals surface area (Å²) in [6, 6.07) is 1.50. The summed E-state index contributed by atoms with van der Waals surface area (Å²) >= 11 is 3.21. The molecule has 4 nitrogen and oxygen atoms in total. The van der Waals surface area contributed by atoms with E-state index in [1.54, 1.807) is 6.20 Å². The maximum atomic E-state index is 11.1. The average molecular weight is 246 g/mol. The number of esters is 1. The number of methoxy groups -OCH3 is 1. The van der Waals surface area contributed by atoms with Crippen molar-refractivity contribution in [3.05, 3.63) is 33.7 Å². The zero-order chi connectivity index (χ0) is 9.84. The van der Waals surface area contributed by atoms with E-state index in [1.807, 2.05) is 0 Å². The Labute approximate surface area is 83.1 Å². The molecule has 0 aliphatic carbocycles. The number of rotatable bonds is 2.